The minimum atomic E-state index is 1.27. The Morgan fingerprint density at radius 2 is 1.13 bits per heavy atom. The van der Waals surface area contributed by atoms with Crippen LogP contribution >= 0.6 is 35.3 Å². The molecule has 0 aliphatic heterocycles. The van der Waals surface area contributed by atoms with Crippen LogP contribution in [-0.4, -0.2) is 12.5 Å². The Hall–Kier alpha value is -1.29. The molecule has 0 bridgehead atoms. The van der Waals surface area contributed by atoms with Gasteiger partial charge in [-0.25, -0.2) is 0 Å². The van der Waals surface area contributed by atoms with Crippen LogP contribution in [-0.2, 0) is 0 Å². The van der Waals surface area contributed by atoms with Crippen molar-refractivity contribution in [2.24, 2.45) is 0 Å². The topological polar surface area (TPSA) is 0 Å². The Morgan fingerprint density at radius 1 is 0.522 bits per heavy atom. The molecule has 116 valence electrons. The summed E-state index contributed by atoms with van der Waals surface area (Å²) in [5, 5.41) is 0. The molecular weight excluding hydrogens is 336 g/mol. The van der Waals surface area contributed by atoms with Crippen molar-refractivity contribution < 1.29 is 0 Å². The van der Waals surface area contributed by atoms with Crippen molar-refractivity contribution in [2.75, 3.05) is 12.5 Å². The molecule has 0 radical (unpaired) electrons. The maximum absolute atomic E-state index is 2.28. The molecule has 3 heteroatoms. The number of benzene rings is 3. The first-order valence-electron chi connectivity index (χ1n) is 7.35. The Balaban J connectivity index is 1.92. The maximum Gasteiger partial charge on any atom is 0.0139 e. The normalized spacial score (nSPS) is 10.7. The molecule has 0 aliphatic rings. The van der Waals surface area contributed by atoms with E-state index in [2.05, 4.69) is 85.3 Å². The summed E-state index contributed by atoms with van der Waals surface area (Å²) in [5.74, 6) is 0. The van der Waals surface area contributed by atoms with Crippen LogP contribution in [0.5, 0.6) is 0 Å². The average molecular weight is 355 g/mol. The van der Waals surface area contributed by atoms with Crippen molar-refractivity contribution in [3.8, 4) is 11.1 Å². The molecule has 23 heavy (non-hydrogen) atoms. The van der Waals surface area contributed by atoms with Gasteiger partial charge in [0, 0.05) is 19.6 Å². The van der Waals surface area contributed by atoms with Gasteiger partial charge < -0.3 is 0 Å². The van der Waals surface area contributed by atoms with Crippen LogP contribution in [0.2, 0.25) is 0 Å². The lowest BCUT2D eigenvalue weighted by atomic mass is 10.1. The van der Waals surface area contributed by atoms with E-state index in [-0.39, 0.29) is 0 Å². The van der Waals surface area contributed by atoms with E-state index in [0.29, 0.717) is 0 Å². The third-order valence-electron chi connectivity index (χ3n) is 3.52. The predicted octanol–water partition coefficient (Wildman–Crippen LogP) is 6.95. The van der Waals surface area contributed by atoms with Gasteiger partial charge in [-0.15, -0.1) is 23.5 Å². The van der Waals surface area contributed by atoms with E-state index in [9.17, 15) is 0 Å². The second kappa shape index (κ2) is 8.00. The molecule has 3 aromatic rings. The van der Waals surface area contributed by atoms with Gasteiger partial charge in [0.2, 0.25) is 0 Å². The molecule has 0 amide bonds. The molecule has 0 fully saturated rings. The van der Waals surface area contributed by atoms with Crippen LogP contribution in [0.25, 0.3) is 11.1 Å². The highest BCUT2D eigenvalue weighted by molar-refractivity contribution is 8.00. The summed E-state index contributed by atoms with van der Waals surface area (Å²) in [6.07, 6.45) is 4.24. The number of hydrogen-bond donors (Lipinski definition) is 0. The summed E-state index contributed by atoms with van der Waals surface area (Å²) in [6, 6.07) is 26.2. The van der Waals surface area contributed by atoms with E-state index in [1.807, 2.05) is 11.8 Å². The minimum Gasteiger partial charge on any atom is -0.130 e. The standard InChI is InChI=1S/C20H18S3/c1-21-17-8-10-18(11-9-17)23-20-13-16(12-19(14-20)22-2)15-6-4-3-5-7-15/h3-14H,1-2H3. The quantitative estimate of drug-likeness (QED) is 0.455. The lowest BCUT2D eigenvalue weighted by Crippen LogP contribution is -1.82. The Morgan fingerprint density at radius 3 is 1.78 bits per heavy atom. The lowest BCUT2D eigenvalue weighted by Gasteiger charge is -2.09. The molecule has 0 heterocycles. The van der Waals surface area contributed by atoms with Gasteiger partial charge in [-0.2, -0.15) is 0 Å². The molecule has 0 nitrogen and oxygen atoms in total. The van der Waals surface area contributed by atoms with Crippen molar-refractivity contribution in [2.45, 2.75) is 19.6 Å². The van der Waals surface area contributed by atoms with Gasteiger partial charge in [0.1, 0.15) is 0 Å². The molecule has 0 aromatic heterocycles. The fourth-order valence-corrected chi connectivity index (χ4v) is 4.21. The molecular formula is C20H18S3. The third kappa shape index (κ3) is 4.37. The van der Waals surface area contributed by atoms with Crippen molar-refractivity contribution in [3.05, 3.63) is 72.8 Å². The first-order chi connectivity index (χ1) is 11.3. The zero-order valence-corrected chi connectivity index (χ0v) is 15.6. The largest absolute Gasteiger partial charge is 0.130 e. The fourth-order valence-electron chi connectivity index (χ4n) is 2.33. The molecule has 0 N–H and O–H groups in total. The van der Waals surface area contributed by atoms with Gasteiger partial charge in [0.15, 0.2) is 0 Å². The van der Waals surface area contributed by atoms with Gasteiger partial charge in [-0.3, -0.25) is 0 Å². The third-order valence-corrected chi connectivity index (χ3v) is 5.95. The molecule has 0 unspecified atom stereocenters. The van der Waals surface area contributed by atoms with E-state index in [1.54, 1.807) is 23.5 Å². The van der Waals surface area contributed by atoms with Crippen molar-refractivity contribution in [3.63, 3.8) is 0 Å². The molecule has 0 aliphatic carbocycles. The molecule has 3 aromatic carbocycles. The Bertz CT molecular complexity index is 765. The SMILES string of the molecule is CSc1ccc(Sc2cc(SC)cc(-c3ccccc3)c2)cc1. The van der Waals surface area contributed by atoms with Crippen LogP contribution in [0.1, 0.15) is 0 Å². The Kier molecular flexibility index (Phi) is 5.76. The van der Waals surface area contributed by atoms with Crippen LogP contribution in [0.3, 0.4) is 0 Å². The average Bonchev–Trinajstić information content (AvgIpc) is 2.63. The van der Waals surface area contributed by atoms with Gasteiger partial charge in [0.25, 0.3) is 0 Å². The van der Waals surface area contributed by atoms with Gasteiger partial charge in [-0.05, 0) is 66.1 Å². The lowest BCUT2D eigenvalue weighted by molar-refractivity contribution is 1.31. The first kappa shape index (κ1) is 16.6. The maximum atomic E-state index is 2.28. The van der Waals surface area contributed by atoms with Crippen LogP contribution < -0.4 is 0 Å². The highest BCUT2D eigenvalue weighted by Crippen LogP contribution is 2.35. The summed E-state index contributed by atoms with van der Waals surface area (Å²) in [4.78, 5) is 5.17. The van der Waals surface area contributed by atoms with Crippen molar-refractivity contribution in [1.82, 2.24) is 0 Å². The predicted molar refractivity (Wildman–Crippen MR) is 106 cm³/mol. The second-order valence-electron chi connectivity index (χ2n) is 5.04. The zero-order valence-electron chi connectivity index (χ0n) is 13.2. The monoisotopic (exact) mass is 354 g/mol. The number of hydrogen-bond acceptors (Lipinski definition) is 3. The van der Waals surface area contributed by atoms with E-state index < -0.39 is 0 Å². The highest BCUT2D eigenvalue weighted by atomic mass is 32.2. The molecule has 0 saturated heterocycles. The van der Waals surface area contributed by atoms with E-state index in [1.165, 1.54) is 30.7 Å². The van der Waals surface area contributed by atoms with E-state index in [0.717, 1.165) is 0 Å². The number of thioether (sulfide) groups is 2. The molecule has 0 atom stereocenters. The molecule has 3 rings (SSSR count). The Labute approximate surface area is 151 Å². The smallest absolute Gasteiger partial charge is 0.0139 e. The van der Waals surface area contributed by atoms with E-state index in [4.69, 9.17) is 0 Å². The zero-order chi connectivity index (χ0) is 16.1. The second-order valence-corrected chi connectivity index (χ2v) is 7.95. The van der Waals surface area contributed by atoms with Gasteiger partial charge in [0.05, 0.1) is 0 Å². The van der Waals surface area contributed by atoms with Crippen molar-refractivity contribution in [1.29, 1.82) is 0 Å². The molecule has 0 spiro atoms. The summed E-state index contributed by atoms with van der Waals surface area (Å²) in [5.41, 5.74) is 2.55. The van der Waals surface area contributed by atoms with E-state index >= 15 is 0 Å². The van der Waals surface area contributed by atoms with Gasteiger partial charge >= 0.3 is 0 Å². The fraction of sp³-hybridized carbons (Fsp3) is 0.100. The number of rotatable bonds is 5. The summed E-state index contributed by atoms with van der Waals surface area (Å²) >= 11 is 5.39. The van der Waals surface area contributed by atoms with Crippen LogP contribution in [0, 0.1) is 0 Å². The highest BCUT2D eigenvalue weighted by Gasteiger charge is 2.05. The van der Waals surface area contributed by atoms with Crippen LogP contribution in [0.4, 0.5) is 0 Å². The summed E-state index contributed by atoms with van der Waals surface area (Å²) < 4.78 is 0. The summed E-state index contributed by atoms with van der Waals surface area (Å²) in [6.45, 7) is 0. The molecule has 0 saturated carbocycles. The minimum absolute atomic E-state index is 1.27. The first-order valence-corrected chi connectivity index (χ1v) is 10.6. The summed E-state index contributed by atoms with van der Waals surface area (Å²) in [7, 11) is 0. The van der Waals surface area contributed by atoms with Gasteiger partial charge in [-0.1, -0.05) is 42.1 Å². The van der Waals surface area contributed by atoms with Crippen LogP contribution in [0.15, 0.2) is 92.4 Å². The van der Waals surface area contributed by atoms with Crippen molar-refractivity contribution >= 4 is 35.3 Å².